The average Bonchev–Trinajstić information content (AvgIpc) is 2.72. The number of nitrogens with one attached hydrogen (secondary N) is 3. The molecule has 0 aliphatic carbocycles. The van der Waals surface area contributed by atoms with E-state index in [9.17, 15) is 4.79 Å². The summed E-state index contributed by atoms with van der Waals surface area (Å²) in [4.78, 5) is 12.9. The van der Waals surface area contributed by atoms with Crippen LogP contribution < -0.4 is 30.2 Å². The van der Waals surface area contributed by atoms with E-state index in [1.807, 2.05) is 0 Å². The SMILES string of the molecule is COc1cc(C(=O)N[C@H](NC(=S)Nc2ccccc2Cl)C(Cl)(Cl)Cl)cc(OC)c1OC. The van der Waals surface area contributed by atoms with Gasteiger partial charge in [0.15, 0.2) is 16.6 Å². The van der Waals surface area contributed by atoms with Crippen molar-refractivity contribution in [2.45, 2.75) is 9.96 Å². The second-order valence-corrected chi connectivity index (χ2v) is 9.12. The topological polar surface area (TPSA) is 80.9 Å². The molecule has 0 bridgehead atoms. The lowest BCUT2D eigenvalue weighted by atomic mass is 10.1. The summed E-state index contributed by atoms with van der Waals surface area (Å²) >= 11 is 29.5. The predicted octanol–water partition coefficient (Wildman–Crippen LogP) is 4.78. The Hall–Kier alpha value is -1.84. The van der Waals surface area contributed by atoms with Crippen LogP contribution >= 0.6 is 58.6 Å². The Morgan fingerprint density at radius 2 is 1.58 bits per heavy atom. The molecule has 0 fully saturated rings. The van der Waals surface area contributed by atoms with Crippen molar-refractivity contribution in [2.24, 2.45) is 0 Å². The van der Waals surface area contributed by atoms with Crippen LogP contribution in [0.25, 0.3) is 0 Å². The molecule has 0 saturated heterocycles. The van der Waals surface area contributed by atoms with E-state index in [2.05, 4.69) is 16.0 Å². The van der Waals surface area contributed by atoms with E-state index < -0.39 is 15.9 Å². The quantitative estimate of drug-likeness (QED) is 0.272. The highest BCUT2D eigenvalue weighted by Crippen LogP contribution is 2.38. The normalized spacial score (nSPS) is 11.8. The largest absolute Gasteiger partial charge is 0.493 e. The molecule has 2 aromatic rings. The Morgan fingerprint density at radius 3 is 2.06 bits per heavy atom. The molecule has 0 aromatic heterocycles. The van der Waals surface area contributed by atoms with Gasteiger partial charge in [-0.2, -0.15) is 0 Å². The Balaban J connectivity index is 2.22. The zero-order chi connectivity index (χ0) is 23.2. The first-order valence-electron chi connectivity index (χ1n) is 8.60. The molecule has 0 aliphatic heterocycles. The van der Waals surface area contributed by atoms with Crippen LogP contribution in [0.5, 0.6) is 17.2 Å². The van der Waals surface area contributed by atoms with Crippen LogP contribution in [-0.4, -0.2) is 42.3 Å². The third-order valence-electron chi connectivity index (χ3n) is 3.93. The average molecular weight is 527 g/mol. The van der Waals surface area contributed by atoms with Gasteiger partial charge in [-0.05, 0) is 36.5 Å². The number of halogens is 4. The number of hydrogen-bond acceptors (Lipinski definition) is 5. The molecular formula is C19H19Cl4N3O4S. The second-order valence-electron chi connectivity index (χ2n) is 5.94. The number of benzene rings is 2. The van der Waals surface area contributed by atoms with Crippen LogP contribution in [0.2, 0.25) is 5.02 Å². The van der Waals surface area contributed by atoms with Crippen molar-refractivity contribution in [1.82, 2.24) is 10.6 Å². The van der Waals surface area contributed by atoms with E-state index in [0.29, 0.717) is 28.0 Å². The molecule has 0 spiro atoms. The van der Waals surface area contributed by atoms with E-state index in [1.54, 1.807) is 24.3 Å². The molecule has 0 radical (unpaired) electrons. The van der Waals surface area contributed by atoms with Crippen molar-refractivity contribution in [2.75, 3.05) is 26.6 Å². The summed E-state index contributed by atoms with van der Waals surface area (Å²) in [6.07, 6.45) is -1.19. The summed E-state index contributed by atoms with van der Waals surface area (Å²) in [6.45, 7) is 0. The minimum atomic E-state index is -1.94. The summed E-state index contributed by atoms with van der Waals surface area (Å²) in [6, 6.07) is 9.88. The van der Waals surface area contributed by atoms with Gasteiger partial charge in [-0.3, -0.25) is 4.79 Å². The van der Waals surface area contributed by atoms with Crippen LogP contribution in [0.15, 0.2) is 36.4 Å². The Kier molecular flexibility index (Phi) is 9.14. The number of anilines is 1. The fraction of sp³-hybridized carbons (Fsp3) is 0.263. The molecule has 2 rings (SSSR count). The van der Waals surface area contributed by atoms with Crippen molar-refractivity contribution < 1.29 is 19.0 Å². The van der Waals surface area contributed by atoms with Crippen molar-refractivity contribution in [3.05, 3.63) is 47.0 Å². The van der Waals surface area contributed by atoms with Crippen LogP contribution in [-0.2, 0) is 0 Å². The van der Waals surface area contributed by atoms with Crippen molar-refractivity contribution >= 4 is 75.3 Å². The van der Waals surface area contributed by atoms with Gasteiger partial charge in [0.2, 0.25) is 9.54 Å². The minimum absolute atomic E-state index is 0.0783. The molecule has 3 N–H and O–H groups in total. The monoisotopic (exact) mass is 525 g/mol. The molecule has 7 nitrogen and oxygen atoms in total. The summed E-state index contributed by atoms with van der Waals surface area (Å²) in [5.74, 6) is 0.342. The van der Waals surface area contributed by atoms with E-state index in [1.165, 1.54) is 33.5 Å². The molecule has 1 amide bonds. The summed E-state index contributed by atoms with van der Waals surface area (Å²) in [5, 5.41) is 8.75. The first kappa shape index (κ1) is 25.4. The van der Waals surface area contributed by atoms with Gasteiger partial charge >= 0.3 is 0 Å². The lowest BCUT2D eigenvalue weighted by molar-refractivity contribution is 0.0933. The summed E-state index contributed by atoms with van der Waals surface area (Å²) in [7, 11) is 4.32. The summed E-state index contributed by atoms with van der Waals surface area (Å²) in [5.41, 5.74) is 0.723. The summed E-state index contributed by atoms with van der Waals surface area (Å²) < 4.78 is 13.8. The molecule has 1 atom stereocenters. The first-order valence-corrected chi connectivity index (χ1v) is 10.5. The van der Waals surface area contributed by atoms with Crippen LogP contribution in [0.1, 0.15) is 10.4 Å². The first-order chi connectivity index (χ1) is 14.6. The fourth-order valence-corrected chi connectivity index (χ4v) is 3.22. The van der Waals surface area contributed by atoms with E-state index in [4.69, 9.17) is 72.8 Å². The van der Waals surface area contributed by atoms with Crippen molar-refractivity contribution in [3.63, 3.8) is 0 Å². The molecule has 0 heterocycles. The molecule has 0 saturated carbocycles. The Morgan fingerprint density at radius 1 is 1.00 bits per heavy atom. The zero-order valence-electron chi connectivity index (χ0n) is 16.6. The van der Waals surface area contributed by atoms with Crippen LogP contribution in [0, 0.1) is 0 Å². The standard InChI is InChI=1S/C19H19Cl4N3O4S/c1-28-13-8-10(9-14(29-2)15(13)30-3)16(27)25-17(19(21,22)23)26-18(31)24-12-7-5-4-6-11(12)20/h4-9,17H,1-3H3,(H,25,27)(H2,24,26,31)/t17-/m1/s1. The molecule has 31 heavy (non-hydrogen) atoms. The molecule has 0 aliphatic rings. The highest BCUT2D eigenvalue weighted by Gasteiger charge is 2.35. The van der Waals surface area contributed by atoms with E-state index in [-0.39, 0.29) is 10.7 Å². The van der Waals surface area contributed by atoms with Gasteiger partial charge in [0, 0.05) is 5.56 Å². The maximum atomic E-state index is 12.9. The molecule has 0 unspecified atom stereocenters. The maximum absolute atomic E-state index is 12.9. The number of para-hydroxylation sites is 1. The highest BCUT2D eigenvalue weighted by atomic mass is 35.6. The number of alkyl halides is 3. The lowest BCUT2D eigenvalue weighted by Gasteiger charge is -2.28. The van der Waals surface area contributed by atoms with Crippen LogP contribution in [0.3, 0.4) is 0 Å². The number of amides is 1. The number of ether oxygens (including phenoxy) is 3. The Labute approximate surface area is 205 Å². The van der Waals surface area contributed by atoms with Crippen molar-refractivity contribution in [3.8, 4) is 17.2 Å². The number of methoxy groups -OCH3 is 3. The van der Waals surface area contributed by atoms with Crippen molar-refractivity contribution in [1.29, 1.82) is 0 Å². The third-order valence-corrected chi connectivity index (χ3v) is 5.13. The van der Waals surface area contributed by atoms with Crippen LogP contribution in [0.4, 0.5) is 5.69 Å². The lowest BCUT2D eigenvalue weighted by Crippen LogP contribution is -2.56. The zero-order valence-corrected chi connectivity index (χ0v) is 20.4. The number of thiocarbonyl (C=S) groups is 1. The Bertz CT molecular complexity index is 931. The second kappa shape index (κ2) is 11.2. The molecule has 12 heteroatoms. The number of rotatable bonds is 7. The molecule has 168 valence electrons. The number of hydrogen-bond donors (Lipinski definition) is 3. The fourth-order valence-electron chi connectivity index (χ4n) is 2.48. The molecular weight excluding hydrogens is 508 g/mol. The van der Waals surface area contributed by atoms with Gasteiger partial charge < -0.3 is 30.2 Å². The van der Waals surface area contributed by atoms with E-state index >= 15 is 0 Å². The smallest absolute Gasteiger partial charge is 0.253 e. The number of carbonyl (C=O) groups is 1. The van der Waals surface area contributed by atoms with Gasteiger partial charge in [-0.1, -0.05) is 58.5 Å². The maximum Gasteiger partial charge on any atom is 0.253 e. The van der Waals surface area contributed by atoms with Gasteiger partial charge in [-0.15, -0.1) is 0 Å². The minimum Gasteiger partial charge on any atom is -0.493 e. The highest BCUT2D eigenvalue weighted by molar-refractivity contribution is 7.80. The van der Waals surface area contributed by atoms with Gasteiger partial charge in [0.25, 0.3) is 5.91 Å². The van der Waals surface area contributed by atoms with E-state index in [0.717, 1.165) is 0 Å². The van der Waals surface area contributed by atoms with Gasteiger partial charge in [0.05, 0.1) is 32.0 Å². The third kappa shape index (κ3) is 6.82. The van der Waals surface area contributed by atoms with Gasteiger partial charge in [-0.25, -0.2) is 0 Å². The van der Waals surface area contributed by atoms with Gasteiger partial charge in [0.1, 0.15) is 6.17 Å². The predicted molar refractivity (Wildman–Crippen MR) is 128 cm³/mol. The molecule has 2 aromatic carbocycles. The number of carbonyl (C=O) groups excluding carboxylic acids is 1.